The van der Waals surface area contributed by atoms with Crippen molar-refractivity contribution in [1.29, 1.82) is 0 Å². The molecule has 0 saturated heterocycles. The lowest BCUT2D eigenvalue weighted by atomic mass is 10.0. The van der Waals surface area contributed by atoms with Gasteiger partial charge in [0.25, 0.3) is 0 Å². The van der Waals surface area contributed by atoms with Crippen LogP contribution in [0, 0.1) is 0 Å². The second-order valence-corrected chi connectivity index (χ2v) is 22.0. The van der Waals surface area contributed by atoms with Crippen molar-refractivity contribution >= 4 is 17.9 Å². The van der Waals surface area contributed by atoms with Crippen LogP contribution in [0.4, 0.5) is 0 Å². The van der Waals surface area contributed by atoms with Crippen molar-refractivity contribution in [3.8, 4) is 0 Å². The highest BCUT2D eigenvalue weighted by molar-refractivity contribution is 5.71. The Balaban J connectivity index is 4.22. The summed E-state index contributed by atoms with van der Waals surface area (Å²) in [5.74, 6) is -0.888. The highest BCUT2D eigenvalue weighted by atomic mass is 16.6. The molecule has 0 spiro atoms. The smallest absolute Gasteiger partial charge is 0.306 e. The van der Waals surface area contributed by atoms with Crippen LogP contribution in [0.15, 0.2) is 109 Å². The number of unbranched alkanes of at least 4 members (excludes halogenated alkanes) is 31. The predicted octanol–water partition coefficient (Wildman–Crippen LogP) is 23.0. The number of carbonyl (C=O) groups excluding carboxylic acids is 3. The van der Waals surface area contributed by atoms with Crippen LogP contribution in [0.5, 0.6) is 0 Å². The molecule has 0 heterocycles. The maximum Gasteiger partial charge on any atom is 0.306 e. The van der Waals surface area contributed by atoms with Crippen LogP contribution in [-0.4, -0.2) is 37.2 Å². The summed E-state index contributed by atoms with van der Waals surface area (Å²) in [6, 6.07) is 0. The van der Waals surface area contributed by atoms with Crippen LogP contribution in [0.25, 0.3) is 0 Å². The zero-order chi connectivity index (χ0) is 57.1. The molecule has 1 unspecified atom stereocenters. The van der Waals surface area contributed by atoms with Crippen LogP contribution in [0.3, 0.4) is 0 Å². The van der Waals surface area contributed by atoms with Crippen molar-refractivity contribution in [2.45, 2.75) is 322 Å². The van der Waals surface area contributed by atoms with Gasteiger partial charge in [-0.15, -0.1) is 0 Å². The van der Waals surface area contributed by atoms with Crippen LogP contribution < -0.4 is 0 Å². The maximum absolute atomic E-state index is 12.9. The monoisotopic (exact) mass is 1100 g/mol. The summed E-state index contributed by atoms with van der Waals surface area (Å²) in [6.07, 6.45) is 91.0. The Labute approximate surface area is 489 Å². The maximum atomic E-state index is 12.9. The van der Waals surface area contributed by atoms with Crippen molar-refractivity contribution in [2.75, 3.05) is 13.2 Å². The first-order valence-electron chi connectivity index (χ1n) is 33.4. The van der Waals surface area contributed by atoms with Gasteiger partial charge in [-0.3, -0.25) is 14.4 Å². The van der Waals surface area contributed by atoms with Crippen molar-refractivity contribution in [3.63, 3.8) is 0 Å². The minimum atomic E-state index is -0.786. The third-order valence-electron chi connectivity index (χ3n) is 14.3. The molecular weight excluding hydrogens is 973 g/mol. The van der Waals surface area contributed by atoms with Gasteiger partial charge in [0, 0.05) is 19.3 Å². The van der Waals surface area contributed by atoms with E-state index in [4.69, 9.17) is 14.2 Å². The van der Waals surface area contributed by atoms with E-state index in [9.17, 15) is 14.4 Å². The molecule has 0 aromatic carbocycles. The van der Waals surface area contributed by atoms with Crippen molar-refractivity contribution in [1.82, 2.24) is 0 Å². The quantitative estimate of drug-likeness (QED) is 0.0261. The van der Waals surface area contributed by atoms with E-state index < -0.39 is 6.10 Å². The summed E-state index contributed by atoms with van der Waals surface area (Å²) >= 11 is 0. The van der Waals surface area contributed by atoms with Crippen LogP contribution in [0.2, 0.25) is 0 Å². The lowest BCUT2D eigenvalue weighted by Gasteiger charge is -2.18. The molecule has 6 heteroatoms. The molecule has 0 aliphatic carbocycles. The predicted molar refractivity (Wildman–Crippen MR) is 343 cm³/mol. The van der Waals surface area contributed by atoms with Crippen LogP contribution >= 0.6 is 0 Å². The highest BCUT2D eigenvalue weighted by Crippen LogP contribution is 2.16. The first-order valence-corrected chi connectivity index (χ1v) is 33.4. The number of ether oxygens (including phenoxy) is 3. The van der Waals surface area contributed by atoms with Gasteiger partial charge in [0.2, 0.25) is 0 Å². The Morgan fingerprint density at radius 2 is 0.494 bits per heavy atom. The minimum Gasteiger partial charge on any atom is -0.462 e. The van der Waals surface area contributed by atoms with E-state index in [1.54, 1.807) is 0 Å². The molecule has 0 aliphatic rings. The molecule has 1 atom stereocenters. The second kappa shape index (κ2) is 66.6. The summed E-state index contributed by atoms with van der Waals surface area (Å²) in [7, 11) is 0. The van der Waals surface area contributed by atoms with Crippen molar-refractivity contribution < 1.29 is 28.6 Å². The van der Waals surface area contributed by atoms with Gasteiger partial charge in [-0.25, -0.2) is 0 Å². The molecule has 0 radical (unpaired) electrons. The van der Waals surface area contributed by atoms with Gasteiger partial charge in [0.15, 0.2) is 6.10 Å². The van der Waals surface area contributed by atoms with Gasteiger partial charge < -0.3 is 14.2 Å². The normalized spacial score (nSPS) is 12.8. The fraction of sp³-hybridized carbons (Fsp3) is 0.712. The first kappa shape index (κ1) is 75.1. The SMILES string of the molecule is CC/C=C\C/C=C\C/C=C\C/C=C\C/C=C\C/C=C\C/C=C\CCCCCCCCCCCCCC(=O)OCC(COC(=O)CCCCCCCCCCCCCCC)OC(=O)CCCCCCC/C=C\C/C=C\CCCCC. The summed E-state index contributed by atoms with van der Waals surface area (Å²) < 4.78 is 16.9. The average Bonchev–Trinajstić information content (AvgIpc) is 3.45. The zero-order valence-corrected chi connectivity index (χ0v) is 51.9. The van der Waals surface area contributed by atoms with E-state index in [-0.39, 0.29) is 31.1 Å². The van der Waals surface area contributed by atoms with E-state index in [0.717, 1.165) is 128 Å². The number of hydrogen-bond acceptors (Lipinski definition) is 6. The largest absolute Gasteiger partial charge is 0.462 e. The molecule has 79 heavy (non-hydrogen) atoms. The van der Waals surface area contributed by atoms with Gasteiger partial charge in [-0.1, -0.05) is 297 Å². The number of rotatable bonds is 60. The Bertz CT molecular complexity index is 1590. The van der Waals surface area contributed by atoms with E-state index >= 15 is 0 Å². The molecule has 0 saturated carbocycles. The Morgan fingerprint density at radius 3 is 0.797 bits per heavy atom. The molecule has 0 bridgehead atoms. The number of hydrogen-bond donors (Lipinski definition) is 0. The Morgan fingerprint density at radius 1 is 0.266 bits per heavy atom. The lowest BCUT2D eigenvalue weighted by Crippen LogP contribution is -2.30. The molecule has 0 fully saturated rings. The molecule has 0 amide bonds. The molecule has 0 rings (SSSR count). The first-order chi connectivity index (χ1) is 39.0. The van der Waals surface area contributed by atoms with Gasteiger partial charge in [0.05, 0.1) is 0 Å². The summed E-state index contributed by atoms with van der Waals surface area (Å²) in [4.78, 5) is 38.3. The molecule has 452 valence electrons. The molecule has 0 aromatic heterocycles. The van der Waals surface area contributed by atoms with Crippen molar-refractivity contribution in [3.05, 3.63) is 109 Å². The fourth-order valence-electron chi connectivity index (χ4n) is 9.28. The number of allylic oxidation sites excluding steroid dienone is 18. The van der Waals surface area contributed by atoms with Crippen LogP contribution in [0.1, 0.15) is 316 Å². The molecule has 0 aliphatic heterocycles. The standard InChI is InChI=1S/C73H124O6/c1-4-7-10-13-16-19-22-25-27-28-29-30-31-32-33-34-35-36-37-38-39-40-41-42-43-44-46-48-51-54-57-60-63-66-72(75)78-69-70(68-77-71(74)65-62-59-56-53-50-47-24-21-18-15-12-9-6-3)79-73(76)67-64-61-58-55-52-49-45-26-23-20-17-14-11-8-5-2/h7,10,16-17,19-20,25-27,29-30,32-33,35-36,38-39,45,70H,4-6,8-9,11-15,18,21-24,28,31,34,37,40-44,46-69H2,1-3H3/b10-7-,19-16-,20-17-,27-25-,30-29-,33-32-,36-35-,39-38-,45-26-. The van der Waals surface area contributed by atoms with Crippen LogP contribution in [-0.2, 0) is 28.6 Å². The van der Waals surface area contributed by atoms with Gasteiger partial charge in [-0.05, 0) is 109 Å². The third-order valence-corrected chi connectivity index (χ3v) is 14.3. The Hall–Kier alpha value is -3.93. The lowest BCUT2D eigenvalue weighted by molar-refractivity contribution is -0.167. The molecule has 6 nitrogen and oxygen atoms in total. The molecular formula is C73H124O6. The third kappa shape index (κ3) is 64.8. The van der Waals surface area contributed by atoms with E-state index in [0.29, 0.717) is 19.3 Å². The Kier molecular flexibility index (Phi) is 63.3. The van der Waals surface area contributed by atoms with E-state index in [1.165, 1.54) is 148 Å². The topological polar surface area (TPSA) is 78.9 Å². The zero-order valence-electron chi connectivity index (χ0n) is 51.9. The van der Waals surface area contributed by atoms with Gasteiger partial charge in [0.1, 0.15) is 13.2 Å². The number of carbonyl (C=O) groups is 3. The average molecular weight is 1100 g/mol. The second-order valence-electron chi connectivity index (χ2n) is 22.0. The molecule has 0 N–H and O–H groups in total. The minimum absolute atomic E-state index is 0.0812. The van der Waals surface area contributed by atoms with E-state index in [1.807, 2.05) is 0 Å². The summed E-state index contributed by atoms with van der Waals surface area (Å²) in [5, 5.41) is 0. The fourth-order valence-corrected chi connectivity index (χ4v) is 9.28. The van der Waals surface area contributed by atoms with E-state index in [2.05, 4.69) is 130 Å². The number of esters is 3. The summed E-state index contributed by atoms with van der Waals surface area (Å²) in [6.45, 7) is 6.51. The van der Waals surface area contributed by atoms with Crippen molar-refractivity contribution in [2.24, 2.45) is 0 Å². The highest BCUT2D eigenvalue weighted by Gasteiger charge is 2.19. The van der Waals surface area contributed by atoms with Gasteiger partial charge >= 0.3 is 17.9 Å². The van der Waals surface area contributed by atoms with Gasteiger partial charge in [-0.2, -0.15) is 0 Å². The molecule has 0 aromatic rings. The summed E-state index contributed by atoms with van der Waals surface area (Å²) in [5.41, 5.74) is 0.